The molecule has 2 aromatic carbocycles. The summed E-state index contributed by atoms with van der Waals surface area (Å²) < 4.78 is 13.8. The Balaban J connectivity index is 2.18. The normalized spacial score (nSPS) is 11.5. The van der Waals surface area contributed by atoms with Crippen molar-refractivity contribution in [3.05, 3.63) is 70.0 Å². The molecule has 1 nitrogen and oxygen atoms in total. The van der Waals surface area contributed by atoms with E-state index in [9.17, 15) is 9.18 Å². The molecule has 0 aliphatic rings. The van der Waals surface area contributed by atoms with E-state index in [1.165, 1.54) is 17.7 Å². The molecule has 2 rings (SSSR count). The maximum atomic E-state index is 13.8. The van der Waals surface area contributed by atoms with Gasteiger partial charge < -0.3 is 0 Å². The Bertz CT molecular complexity index is 654. The van der Waals surface area contributed by atoms with Crippen molar-refractivity contribution in [1.82, 2.24) is 0 Å². The van der Waals surface area contributed by atoms with Crippen molar-refractivity contribution < 1.29 is 9.18 Å². The van der Waals surface area contributed by atoms with Crippen LogP contribution in [0.2, 0.25) is 5.02 Å². The van der Waals surface area contributed by atoms with Gasteiger partial charge in [-0.25, -0.2) is 4.39 Å². The Hall–Kier alpha value is -1.67. The third-order valence-electron chi connectivity index (χ3n) is 3.44. The molecule has 0 radical (unpaired) electrons. The molecule has 3 heteroatoms. The van der Waals surface area contributed by atoms with E-state index < -0.39 is 5.82 Å². The minimum Gasteiger partial charge on any atom is -0.294 e. The van der Waals surface area contributed by atoms with Crippen LogP contribution in [0.4, 0.5) is 4.39 Å². The summed E-state index contributed by atoms with van der Waals surface area (Å²) in [5, 5.41) is -0.0241. The van der Waals surface area contributed by atoms with Gasteiger partial charge in [-0.3, -0.25) is 4.79 Å². The molecule has 21 heavy (non-hydrogen) atoms. The van der Waals surface area contributed by atoms with Gasteiger partial charge in [0, 0.05) is 6.42 Å². The van der Waals surface area contributed by atoms with E-state index in [4.69, 9.17) is 11.6 Å². The second kappa shape index (κ2) is 5.98. The second-order valence-corrected chi connectivity index (χ2v) is 6.56. The lowest BCUT2D eigenvalue weighted by Crippen LogP contribution is -2.11. The average Bonchev–Trinajstić information content (AvgIpc) is 2.41. The third kappa shape index (κ3) is 3.70. The second-order valence-electron chi connectivity index (χ2n) is 6.15. The molecule has 0 saturated heterocycles. The summed E-state index contributed by atoms with van der Waals surface area (Å²) in [6.45, 7) is 6.40. The molecule has 0 amide bonds. The van der Waals surface area contributed by atoms with Gasteiger partial charge in [0.2, 0.25) is 0 Å². The van der Waals surface area contributed by atoms with Crippen LogP contribution in [0.1, 0.15) is 42.3 Å². The number of rotatable bonds is 3. The molecule has 0 aliphatic heterocycles. The fourth-order valence-electron chi connectivity index (χ4n) is 2.12. The number of carbonyl (C=O) groups excluding carboxylic acids is 1. The zero-order valence-corrected chi connectivity index (χ0v) is 13.2. The highest BCUT2D eigenvalue weighted by atomic mass is 35.5. The van der Waals surface area contributed by atoms with Gasteiger partial charge >= 0.3 is 0 Å². The molecule has 110 valence electrons. The fourth-order valence-corrected chi connectivity index (χ4v) is 2.30. The number of Topliss-reactive ketones (excluding diaryl/α,β-unsaturated/α-hetero) is 1. The van der Waals surface area contributed by atoms with Gasteiger partial charge in [0.25, 0.3) is 0 Å². The molecule has 0 N–H and O–H groups in total. The van der Waals surface area contributed by atoms with Crippen molar-refractivity contribution in [3.8, 4) is 0 Å². The van der Waals surface area contributed by atoms with E-state index in [0.29, 0.717) is 0 Å². The molecule has 0 spiro atoms. The van der Waals surface area contributed by atoms with Crippen LogP contribution in [0.3, 0.4) is 0 Å². The number of benzene rings is 2. The van der Waals surface area contributed by atoms with Crippen LogP contribution in [0.15, 0.2) is 42.5 Å². The summed E-state index contributed by atoms with van der Waals surface area (Å²) in [4.78, 5) is 12.2. The monoisotopic (exact) mass is 304 g/mol. The van der Waals surface area contributed by atoms with Crippen LogP contribution in [0.25, 0.3) is 0 Å². The number of hydrogen-bond donors (Lipinski definition) is 0. The van der Waals surface area contributed by atoms with E-state index in [1.807, 2.05) is 24.3 Å². The van der Waals surface area contributed by atoms with Crippen molar-refractivity contribution >= 4 is 17.4 Å². The lowest BCUT2D eigenvalue weighted by atomic mass is 9.86. The Morgan fingerprint density at radius 2 is 1.71 bits per heavy atom. The van der Waals surface area contributed by atoms with Crippen molar-refractivity contribution in [3.63, 3.8) is 0 Å². The van der Waals surface area contributed by atoms with Gasteiger partial charge in [0.1, 0.15) is 0 Å². The lowest BCUT2D eigenvalue weighted by molar-refractivity contribution is 0.0989. The molecule has 0 bridgehead atoms. The molecule has 0 aromatic heterocycles. The highest BCUT2D eigenvalue weighted by molar-refractivity contribution is 6.31. The predicted octanol–water partition coefficient (Wildman–Crippen LogP) is 5.20. The van der Waals surface area contributed by atoms with Crippen molar-refractivity contribution in [1.29, 1.82) is 0 Å². The van der Waals surface area contributed by atoms with Gasteiger partial charge in [-0.15, -0.1) is 0 Å². The number of hydrogen-bond acceptors (Lipinski definition) is 1. The summed E-state index contributed by atoms with van der Waals surface area (Å²) in [7, 11) is 0. The van der Waals surface area contributed by atoms with Crippen LogP contribution in [-0.4, -0.2) is 5.78 Å². The van der Waals surface area contributed by atoms with Gasteiger partial charge in [0.05, 0.1) is 10.6 Å². The van der Waals surface area contributed by atoms with E-state index in [1.54, 1.807) is 6.07 Å². The van der Waals surface area contributed by atoms with Gasteiger partial charge in [0.15, 0.2) is 11.6 Å². The lowest BCUT2D eigenvalue weighted by Gasteiger charge is -2.19. The first-order chi connectivity index (χ1) is 9.79. The average molecular weight is 305 g/mol. The molecule has 0 atom stereocenters. The number of halogens is 2. The highest BCUT2D eigenvalue weighted by Gasteiger charge is 2.16. The molecule has 0 unspecified atom stereocenters. The number of ketones is 1. The van der Waals surface area contributed by atoms with E-state index in [-0.39, 0.29) is 28.2 Å². The predicted molar refractivity (Wildman–Crippen MR) is 84.6 cm³/mol. The van der Waals surface area contributed by atoms with E-state index >= 15 is 0 Å². The van der Waals surface area contributed by atoms with E-state index in [2.05, 4.69) is 20.8 Å². The summed E-state index contributed by atoms with van der Waals surface area (Å²) in [5.41, 5.74) is 2.18. The Kier molecular flexibility index (Phi) is 4.48. The third-order valence-corrected chi connectivity index (χ3v) is 3.73. The highest BCUT2D eigenvalue weighted by Crippen LogP contribution is 2.23. The van der Waals surface area contributed by atoms with Crippen LogP contribution < -0.4 is 0 Å². The van der Waals surface area contributed by atoms with Crippen LogP contribution in [0.5, 0.6) is 0 Å². The maximum absolute atomic E-state index is 13.8. The summed E-state index contributed by atoms with van der Waals surface area (Å²) in [6.07, 6.45) is 0.168. The Labute approximate surface area is 129 Å². The Morgan fingerprint density at radius 1 is 1.10 bits per heavy atom. The molecule has 0 fully saturated rings. The molecule has 0 aliphatic carbocycles. The van der Waals surface area contributed by atoms with Gasteiger partial charge in [-0.1, -0.05) is 62.7 Å². The van der Waals surface area contributed by atoms with Crippen molar-refractivity contribution in [2.45, 2.75) is 32.6 Å². The summed E-state index contributed by atoms with van der Waals surface area (Å²) in [6, 6.07) is 12.3. The topological polar surface area (TPSA) is 17.1 Å². The Morgan fingerprint density at radius 3 is 2.29 bits per heavy atom. The minimum absolute atomic E-state index is 0.0241. The van der Waals surface area contributed by atoms with Crippen molar-refractivity contribution in [2.24, 2.45) is 0 Å². The maximum Gasteiger partial charge on any atom is 0.170 e. The molecule has 0 saturated carbocycles. The zero-order chi connectivity index (χ0) is 15.6. The van der Waals surface area contributed by atoms with Crippen LogP contribution >= 0.6 is 11.6 Å². The molecule has 0 heterocycles. The van der Waals surface area contributed by atoms with Gasteiger partial charge in [-0.05, 0) is 28.7 Å². The SMILES string of the molecule is CC(C)(C)c1ccc(CC(=O)c2cccc(Cl)c2F)cc1. The largest absolute Gasteiger partial charge is 0.294 e. The number of carbonyl (C=O) groups is 1. The minimum atomic E-state index is -0.643. The first-order valence-corrected chi connectivity index (χ1v) is 7.23. The standard InChI is InChI=1S/C18H18ClFO/c1-18(2,3)13-9-7-12(8-10-13)11-16(21)14-5-4-6-15(19)17(14)20/h4-10H,11H2,1-3H3. The van der Waals surface area contributed by atoms with Crippen LogP contribution in [0, 0.1) is 5.82 Å². The van der Waals surface area contributed by atoms with E-state index in [0.717, 1.165) is 5.56 Å². The smallest absolute Gasteiger partial charge is 0.170 e. The molecular formula is C18H18ClFO. The first kappa shape index (κ1) is 15.7. The summed E-state index contributed by atoms with van der Waals surface area (Å²) in [5.74, 6) is -0.908. The first-order valence-electron chi connectivity index (χ1n) is 6.85. The molecular weight excluding hydrogens is 287 g/mol. The zero-order valence-electron chi connectivity index (χ0n) is 12.4. The quantitative estimate of drug-likeness (QED) is 0.712. The van der Waals surface area contributed by atoms with Crippen LogP contribution in [-0.2, 0) is 11.8 Å². The van der Waals surface area contributed by atoms with Gasteiger partial charge in [-0.2, -0.15) is 0 Å². The summed E-state index contributed by atoms with van der Waals surface area (Å²) >= 11 is 5.70. The molecule has 2 aromatic rings. The van der Waals surface area contributed by atoms with Crippen molar-refractivity contribution in [2.75, 3.05) is 0 Å². The fraction of sp³-hybridized carbons (Fsp3) is 0.278.